The second-order valence-corrected chi connectivity index (χ2v) is 10.2. The van der Waals surface area contributed by atoms with Gasteiger partial charge < -0.3 is 10.1 Å². The molecular weight excluding hydrogens is 496 g/mol. The van der Waals surface area contributed by atoms with Gasteiger partial charge >= 0.3 is 5.97 Å². The van der Waals surface area contributed by atoms with Crippen LogP contribution in [0.5, 0.6) is 0 Å². The van der Waals surface area contributed by atoms with Gasteiger partial charge in [0.1, 0.15) is 0 Å². The van der Waals surface area contributed by atoms with Crippen molar-refractivity contribution in [3.05, 3.63) is 100 Å². The number of nitrogens with zero attached hydrogens (tertiary/aromatic N) is 1. The first-order chi connectivity index (χ1) is 18.4. The highest BCUT2D eigenvalue weighted by Crippen LogP contribution is 2.28. The van der Waals surface area contributed by atoms with Gasteiger partial charge in [0.05, 0.1) is 11.6 Å². The first-order valence-electron chi connectivity index (χ1n) is 13.2. The van der Waals surface area contributed by atoms with E-state index in [-0.39, 0.29) is 11.8 Å². The minimum atomic E-state index is -0.198. The van der Waals surface area contributed by atoms with Crippen molar-refractivity contribution in [1.29, 1.82) is 0 Å². The molecule has 0 saturated carbocycles. The Labute approximate surface area is 230 Å². The average molecular weight is 531 g/mol. The zero-order chi connectivity index (χ0) is 26.9. The number of para-hydroxylation sites is 1. The number of nitrogens with one attached hydrogen (secondary N) is 1. The summed E-state index contributed by atoms with van der Waals surface area (Å²) in [7, 11) is 0. The van der Waals surface area contributed by atoms with Gasteiger partial charge in [-0.2, -0.15) is 0 Å². The monoisotopic (exact) mass is 530 g/mol. The summed E-state index contributed by atoms with van der Waals surface area (Å²) in [5, 5.41) is 3.88. The molecule has 38 heavy (non-hydrogen) atoms. The van der Waals surface area contributed by atoms with E-state index in [2.05, 4.69) is 28.4 Å². The topological polar surface area (TPSA) is 58.6 Å². The molecule has 3 aromatic carbocycles. The predicted molar refractivity (Wildman–Crippen MR) is 155 cm³/mol. The highest BCUT2D eigenvalue weighted by Gasteiger charge is 2.18. The third-order valence-corrected chi connectivity index (χ3v) is 7.36. The van der Waals surface area contributed by atoms with Crippen molar-refractivity contribution in [3.8, 4) is 0 Å². The Kier molecular flexibility index (Phi) is 9.74. The van der Waals surface area contributed by atoms with E-state index >= 15 is 0 Å². The number of esters is 1. The first kappa shape index (κ1) is 27.6. The molecule has 0 amide bonds. The Morgan fingerprint density at radius 3 is 2.50 bits per heavy atom. The van der Waals surface area contributed by atoms with Crippen LogP contribution in [0.2, 0.25) is 5.02 Å². The Balaban J connectivity index is 1.34. The minimum Gasteiger partial charge on any atom is -0.466 e. The number of ketones is 1. The third kappa shape index (κ3) is 7.56. The molecule has 1 heterocycles. The molecule has 0 aromatic heterocycles. The van der Waals surface area contributed by atoms with E-state index in [0.717, 1.165) is 61.4 Å². The molecule has 0 radical (unpaired) electrons. The summed E-state index contributed by atoms with van der Waals surface area (Å²) >= 11 is 6.55. The number of carbonyl (C=O) groups is 2. The van der Waals surface area contributed by atoms with E-state index in [9.17, 15) is 9.59 Å². The molecular formula is C32H35ClN2O3. The van der Waals surface area contributed by atoms with Crippen LogP contribution in [0.25, 0.3) is 6.08 Å². The van der Waals surface area contributed by atoms with E-state index in [1.54, 1.807) is 12.1 Å². The zero-order valence-corrected chi connectivity index (χ0v) is 22.8. The van der Waals surface area contributed by atoms with Crippen LogP contribution in [0, 0.1) is 12.8 Å². The second-order valence-electron chi connectivity index (χ2n) is 9.83. The summed E-state index contributed by atoms with van der Waals surface area (Å²) in [5.41, 5.74) is 4.97. The highest BCUT2D eigenvalue weighted by atomic mass is 35.5. The van der Waals surface area contributed by atoms with Crippen LogP contribution in [-0.4, -0.2) is 42.9 Å². The minimum absolute atomic E-state index is 0.0728. The maximum Gasteiger partial charge on any atom is 0.302 e. The summed E-state index contributed by atoms with van der Waals surface area (Å²) in [4.78, 5) is 26.4. The average Bonchev–Trinajstić information content (AvgIpc) is 2.90. The van der Waals surface area contributed by atoms with Gasteiger partial charge in [-0.15, -0.1) is 0 Å². The maximum absolute atomic E-state index is 13.0. The van der Waals surface area contributed by atoms with Gasteiger partial charge in [-0.3, -0.25) is 14.5 Å². The molecule has 0 spiro atoms. The van der Waals surface area contributed by atoms with E-state index in [4.69, 9.17) is 16.3 Å². The number of rotatable bonds is 10. The highest BCUT2D eigenvalue weighted by molar-refractivity contribution is 6.35. The number of ether oxygens (including phenoxy) is 1. The number of hydrogen-bond donors (Lipinski definition) is 1. The summed E-state index contributed by atoms with van der Waals surface area (Å²) in [6.45, 7) is 6.93. The van der Waals surface area contributed by atoms with E-state index in [1.165, 1.54) is 6.92 Å². The molecule has 1 aliphatic heterocycles. The summed E-state index contributed by atoms with van der Waals surface area (Å²) in [6, 6.07) is 21.2. The van der Waals surface area contributed by atoms with E-state index < -0.39 is 0 Å². The van der Waals surface area contributed by atoms with Gasteiger partial charge in [0.15, 0.2) is 5.78 Å². The SMILES string of the molecule is CC(=O)OCCC1CCN(C/C=C/c2ccccc2Nc2ccc(C(=O)c3ccccc3C)c(Cl)c2)CC1. The maximum atomic E-state index is 13.0. The van der Waals surface area contributed by atoms with Crippen LogP contribution in [0.4, 0.5) is 11.4 Å². The molecule has 1 saturated heterocycles. The van der Waals surface area contributed by atoms with Crippen molar-refractivity contribution in [2.75, 3.05) is 31.6 Å². The molecule has 198 valence electrons. The van der Waals surface area contributed by atoms with E-state index in [0.29, 0.717) is 28.7 Å². The Hall–Kier alpha value is -3.41. The lowest BCUT2D eigenvalue weighted by molar-refractivity contribution is -0.141. The number of halogens is 1. The Morgan fingerprint density at radius 2 is 1.76 bits per heavy atom. The lowest BCUT2D eigenvalue weighted by Crippen LogP contribution is -2.34. The standard InChI is InChI=1S/C32H35ClN2O3/c1-23-8-3-5-11-28(23)32(37)29-14-13-27(22-30(29)33)34-31-12-6-4-9-26(31)10-7-18-35-19-15-25(16-20-35)17-21-38-24(2)36/h3-14,22,25,34H,15-21H2,1-2H3/b10-7+. The molecule has 5 nitrogen and oxygen atoms in total. The summed E-state index contributed by atoms with van der Waals surface area (Å²) < 4.78 is 5.09. The molecule has 6 heteroatoms. The third-order valence-electron chi connectivity index (χ3n) is 7.04. The Morgan fingerprint density at radius 1 is 1.03 bits per heavy atom. The molecule has 3 aromatic rings. The number of anilines is 2. The number of hydrogen-bond acceptors (Lipinski definition) is 5. The molecule has 1 aliphatic rings. The fraction of sp³-hybridized carbons (Fsp3) is 0.312. The second kappa shape index (κ2) is 13.4. The number of aryl methyl sites for hydroxylation is 1. The van der Waals surface area contributed by atoms with Crippen LogP contribution < -0.4 is 5.32 Å². The normalized spacial score (nSPS) is 14.5. The lowest BCUT2D eigenvalue weighted by Gasteiger charge is -2.31. The van der Waals surface area contributed by atoms with Crippen molar-refractivity contribution in [1.82, 2.24) is 4.90 Å². The lowest BCUT2D eigenvalue weighted by atomic mass is 9.94. The molecule has 0 bridgehead atoms. The van der Waals surface area contributed by atoms with Crippen LogP contribution in [-0.2, 0) is 9.53 Å². The number of benzene rings is 3. The van der Waals surface area contributed by atoms with Crippen molar-refractivity contribution >= 4 is 40.8 Å². The largest absolute Gasteiger partial charge is 0.466 e. The number of likely N-dealkylation sites (tertiary alicyclic amines) is 1. The van der Waals surface area contributed by atoms with Gasteiger partial charge in [-0.1, -0.05) is 66.2 Å². The van der Waals surface area contributed by atoms with E-state index in [1.807, 2.05) is 55.5 Å². The fourth-order valence-electron chi connectivity index (χ4n) is 4.82. The van der Waals surface area contributed by atoms with Crippen LogP contribution >= 0.6 is 11.6 Å². The van der Waals surface area contributed by atoms with Gasteiger partial charge in [-0.25, -0.2) is 0 Å². The number of piperidine rings is 1. The smallest absolute Gasteiger partial charge is 0.302 e. The molecule has 1 fully saturated rings. The predicted octanol–water partition coefficient (Wildman–Crippen LogP) is 7.30. The Bertz CT molecular complexity index is 1300. The van der Waals surface area contributed by atoms with Crippen LogP contribution in [0.15, 0.2) is 72.8 Å². The quantitative estimate of drug-likeness (QED) is 0.220. The van der Waals surface area contributed by atoms with Crippen molar-refractivity contribution in [2.45, 2.75) is 33.1 Å². The van der Waals surface area contributed by atoms with Gasteiger partial charge in [-0.05, 0) is 80.6 Å². The molecule has 4 rings (SSSR count). The van der Waals surface area contributed by atoms with Gasteiger partial charge in [0.2, 0.25) is 0 Å². The van der Waals surface area contributed by atoms with Gasteiger partial charge in [0, 0.05) is 36.0 Å². The molecule has 1 N–H and O–H groups in total. The zero-order valence-electron chi connectivity index (χ0n) is 22.1. The van der Waals surface area contributed by atoms with Crippen molar-refractivity contribution < 1.29 is 14.3 Å². The van der Waals surface area contributed by atoms with Crippen LogP contribution in [0.1, 0.15) is 53.2 Å². The van der Waals surface area contributed by atoms with Gasteiger partial charge in [0.25, 0.3) is 0 Å². The molecule has 0 unspecified atom stereocenters. The number of carbonyl (C=O) groups excluding carboxylic acids is 2. The van der Waals surface area contributed by atoms with Crippen LogP contribution in [0.3, 0.4) is 0 Å². The fourth-order valence-corrected chi connectivity index (χ4v) is 5.08. The summed E-state index contributed by atoms with van der Waals surface area (Å²) in [6.07, 6.45) is 7.57. The van der Waals surface area contributed by atoms with Crippen molar-refractivity contribution in [3.63, 3.8) is 0 Å². The summed E-state index contributed by atoms with van der Waals surface area (Å²) in [5.74, 6) is 0.358. The van der Waals surface area contributed by atoms with Crippen molar-refractivity contribution in [2.24, 2.45) is 5.92 Å². The molecule has 0 atom stereocenters. The first-order valence-corrected chi connectivity index (χ1v) is 13.6. The molecule has 0 aliphatic carbocycles.